The number of amides is 1. The van der Waals surface area contributed by atoms with Gasteiger partial charge in [-0.1, -0.05) is 42.8 Å². The molecule has 1 spiro atoms. The summed E-state index contributed by atoms with van der Waals surface area (Å²) in [6.07, 6.45) is 7.91. The third-order valence-corrected chi connectivity index (χ3v) is 8.39. The fraction of sp³-hybridized carbons (Fsp3) is 0.323. The van der Waals surface area contributed by atoms with Crippen molar-refractivity contribution in [3.8, 4) is 16.9 Å². The van der Waals surface area contributed by atoms with Crippen LogP contribution in [-0.2, 0) is 0 Å². The van der Waals surface area contributed by atoms with Gasteiger partial charge in [0.15, 0.2) is 0 Å². The summed E-state index contributed by atoms with van der Waals surface area (Å²) in [4.78, 5) is 13.3. The van der Waals surface area contributed by atoms with Crippen LogP contribution in [0.2, 0.25) is 0 Å². The van der Waals surface area contributed by atoms with E-state index >= 15 is 0 Å². The van der Waals surface area contributed by atoms with Gasteiger partial charge in [-0.2, -0.15) is 0 Å². The van der Waals surface area contributed by atoms with E-state index in [1.54, 1.807) is 19.2 Å². The van der Waals surface area contributed by atoms with Gasteiger partial charge in [0.1, 0.15) is 11.6 Å². The molecule has 0 bridgehead atoms. The zero-order chi connectivity index (χ0) is 24.9. The number of ether oxygens (including phenoxy) is 1. The van der Waals surface area contributed by atoms with Gasteiger partial charge in [0.25, 0.3) is 5.91 Å². The van der Waals surface area contributed by atoms with Crippen LogP contribution in [0.5, 0.6) is 5.75 Å². The molecular weight excluding hydrogens is 451 g/mol. The van der Waals surface area contributed by atoms with Gasteiger partial charge in [-0.3, -0.25) is 4.79 Å². The van der Waals surface area contributed by atoms with Crippen molar-refractivity contribution < 1.29 is 13.9 Å². The fourth-order valence-corrected chi connectivity index (χ4v) is 6.11. The maximum atomic E-state index is 14.8. The molecule has 2 aliphatic rings. The van der Waals surface area contributed by atoms with E-state index in [0.717, 1.165) is 35.3 Å². The molecule has 0 saturated heterocycles. The molecule has 3 aromatic carbocycles. The van der Waals surface area contributed by atoms with Gasteiger partial charge >= 0.3 is 0 Å². The van der Waals surface area contributed by atoms with Crippen molar-refractivity contribution in [1.82, 2.24) is 9.88 Å². The Bertz CT molecular complexity index is 1430. The molecule has 6 rings (SSSR count). The summed E-state index contributed by atoms with van der Waals surface area (Å²) < 4.78 is 22.1. The number of hydrogen-bond acceptors (Lipinski definition) is 2. The molecule has 36 heavy (non-hydrogen) atoms. The minimum absolute atomic E-state index is 0.0721. The SMILES string of the molecule is COc1cccc(-c2ccc([C@H](C)n3ccc4c(F)ccc(C(=O)NC5CC6(CCC6)C5)c43)cc2)c1. The maximum Gasteiger partial charge on any atom is 0.253 e. The molecule has 1 heterocycles. The van der Waals surface area contributed by atoms with Crippen LogP contribution in [0, 0.1) is 11.2 Å². The molecule has 2 fully saturated rings. The van der Waals surface area contributed by atoms with Gasteiger partial charge in [-0.05, 0) is 85.0 Å². The summed E-state index contributed by atoms with van der Waals surface area (Å²) in [7, 11) is 1.67. The van der Waals surface area contributed by atoms with Gasteiger partial charge in [0, 0.05) is 17.6 Å². The second-order valence-electron chi connectivity index (χ2n) is 10.5. The van der Waals surface area contributed by atoms with Crippen molar-refractivity contribution in [1.29, 1.82) is 0 Å². The molecule has 0 radical (unpaired) electrons. The fourth-order valence-electron chi connectivity index (χ4n) is 6.11. The Kier molecular flexibility index (Phi) is 5.59. The minimum Gasteiger partial charge on any atom is -0.497 e. The first-order chi connectivity index (χ1) is 17.5. The summed E-state index contributed by atoms with van der Waals surface area (Å²) in [5, 5.41) is 3.69. The zero-order valence-corrected chi connectivity index (χ0v) is 20.8. The molecule has 184 valence electrons. The van der Waals surface area contributed by atoms with E-state index in [-0.39, 0.29) is 23.8 Å². The van der Waals surface area contributed by atoms with E-state index in [0.29, 0.717) is 21.9 Å². The van der Waals surface area contributed by atoms with E-state index < -0.39 is 0 Å². The molecule has 0 unspecified atom stereocenters. The molecule has 2 aliphatic carbocycles. The maximum absolute atomic E-state index is 14.8. The number of halogens is 1. The average molecular weight is 483 g/mol. The summed E-state index contributed by atoms with van der Waals surface area (Å²) in [6.45, 7) is 2.08. The average Bonchev–Trinajstić information content (AvgIpc) is 3.30. The number of rotatable bonds is 6. The second kappa shape index (κ2) is 8.81. The van der Waals surface area contributed by atoms with Gasteiger partial charge in [0.2, 0.25) is 0 Å². The van der Waals surface area contributed by atoms with Gasteiger partial charge in [0.05, 0.1) is 24.2 Å². The Balaban J connectivity index is 1.28. The summed E-state index contributed by atoms with van der Waals surface area (Å²) >= 11 is 0. The van der Waals surface area contributed by atoms with Crippen LogP contribution in [0.25, 0.3) is 22.0 Å². The molecule has 1 N–H and O–H groups in total. The van der Waals surface area contributed by atoms with E-state index in [1.165, 1.54) is 25.3 Å². The molecule has 0 aliphatic heterocycles. The Morgan fingerprint density at radius 3 is 2.53 bits per heavy atom. The van der Waals surface area contributed by atoms with Gasteiger partial charge in [-0.15, -0.1) is 0 Å². The molecule has 2 saturated carbocycles. The third-order valence-electron chi connectivity index (χ3n) is 8.39. The number of carbonyl (C=O) groups excluding carboxylic acids is 1. The zero-order valence-electron chi connectivity index (χ0n) is 20.8. The molecule has 1 atom stereocenters. The Labute approximate surface area is 211 Å². The first-order valence-electron chi connectivity index (χ1n) is 12.8. The first kappa shape index (κ1) is 22.8. The number of nitrogens with one attached hydrogen (secondary N) is 1. The topological polar surface area (TPSA) is 43.3 Å². The van der Waals surface area contributed by atoms with Crippen LogP contribution in [0.4, 0.5) is 4.39 Å². The Morgan fingerprint density at radius 2 is 1.83 bits per heavy atom. The van der Waals surface area contributed by atoms with Gasteiger partial charge < -0.3 is 14.6 Å². The highest BCUT2D eigenvalue weighted by Crippen LogP contribution is 2.55. The second-order valence-corrected chi connectivity index (χ2v) is 10.5. The standard InChI is InChI=1S/C31H31FN2O2/c1-20(21-7-9-22(10-8-21)23-5-3-6-25(17-23)36-2)34-16-13-26-28(32)12-11-27(29(26)34)30(35)33-24-18-31(19-24)14-4-15-31/h3,5-13,16-17,20,24H,4,14-15,18-19H2,1-2H3,(H,33,35)/t20-/m0/s1. The van der Waals surface area contributed by atoms with E-state index in [1.807, 2.05) is 29.0 Å². The van der Waals surface area contributed by atoms with Crippen molar-refractivity contribution in [2.45, 2.75) is 51.1 Å². The number of methoxy groups -OCH3 is 1. The van der Waals surface area contributed by atoms with Crippen LogP contribution in [0.1, 0.15) is 61.0 Å². The molecule has 5 heteroatoms. The van der Waals surface area contributed by atoms with Crippen molar-refractivity contribution in [3.63, 3.8) is 0 Å². The normalized spacial score (nSPS) is 17.4. The van der Waals surface area contributed by atoms with Crippen LogP contribution in [0.15, 0.2) is 72.9 Å². The van der Waals surface area contributed by atoms with Gasteiger partial charge in [-0.25, -0.2) is 4.39 Å². The highest BCUT2D eigenvalue weighted by atomic mass is 19.1. The highest BCUT2D eigenvalue weighted by Gasteiger charge is 2.48. The van der Waals surface area contributed by atoms with E-state index in [9.17, 15) is 9.18 Å². The molecular formula is C31H31FN2O2. The molecule has 1 amide bonds. The van der Waals surface area contributed by atoms with Crippen molar-refractivity contribution in [2.75, 3.05) is 7.11 Å². The third kappa shape index (κ3) is 3.87. The number of hydrogen-bond donors (Lipinski definition) is 1. The van der Waals surface area contributed by atoms with Crippen LogP contribution in [0.3, 0.4) is 0 Å². The largest absolute Gasteiger partial charge is 0.497 e. The lowest BCUT2D eigenvalue weighted by atomic mass is 9.54. The summed E-state index contributed by atoms with van der Waals surface area (Å²) in [5.74, 6) is 0.402. The lowest BCUT2D eigenvalue weighted by Gasteiger charge is -2.54. The number of carbonyl (C=O) groups is 1. The summed E-state index contributed by atoms with van der Waals surface area (Å²) in [5.41, 5.74) is 4.93. The molecule has 4 aromatic rings. The lowest BCUT2D eigenvalue weighted by molar-refractivity contribution is -0.000603. The minimum atomic E-state index is -0.307. The highest BCUT2D eigenvalue weighted by molar-refractivity contribution is 6.06. The van der Waals surface area contributed by atoms with E-state index in [4.69, 9.17) is 4.74 Å². The quantitative estimate of drug-likeness (QED) is 0.318. The Morgan fingerprint density at radius 1 is 1.06 bits per heavy atom. The van der Waals surface area contributed by atoms with Crippen LogP contribution >= 0.6 is 0 Å². The van der Waals surface area contributed by atoms with E-state index in [2.05, 4.69) is 42.6 Å². The first-order valence-corrected chi connectivity index (χ1v) is 12.8. The number of aromatic nitrogens is 1. The molecule has 4 nitrogen and oxygen atoms in total. The predicted octanol–water partition coefficient (Wildman–Crippen LogP) is 7.13. The Hall–Kier alpha value is -3.60. The number of nitrogens with zero attached hydrogens (tertiary/aromatic N) is 1. The van der Waals surface area contributed by atoms with Crippen LogP contribution < -0.4 is 10.1 Å². The smallest absolute Gasteiger partial charge is 0.253 e. The van der Waals surface area contributed by atoms with Crippen LogP contribution in [-0.4, -0.2) is 23.6 Å². The van der Waals surface area contributed by atoms with Crippen molar-refractivity contribution >= 4 is 16.8 Å². The summed E-state index contributed by atoms with van der Waals surface area (Å²) in [6, 6.07) is 21.3. The monoisotopic (exact) mass is 482 g/mol. The van der Waals surface area contributed by atoms with Crippen molar-refractivity contribution in [3.05, 3.63) is 89.9 Å². The number of benzene rings is 3. The predicted molar refractivity (Wildman–Crippen MR) is 141 cm³/mol. The molecule has 1 aromatic heterocycles. The van der Waals surface area contributed by atoms with Crippen molar-refractivity contribution in [2.24, 2.45) is 5.41 Å². The number of fused-ring (bicyclic) bond motifs is 1. The lowest BCUT2D eigenvalue weighted by Crippen LogP contribution is -2.53.